The summed E-state index contributed by atoms with van der Waals surface area (Å²) in [5.41, 5.74) is 2.48. The summed E-state index contributed by atoms with van der Waals surface area (Å²) < 4.78 is 21.2. The molecule has 5 nitrogen and oxygen atoms in total. The van der Waals surface area contributed by atoms with Gasteiger partial charge < -0.3 is 4.42 Å². The Morgan fingerprint density at radius 3 is 2.92 bits per heavy atom. The van der Waals surface area contributed by atoms with Gasteiger partial charge in [0.15, 0.2) is 11.5 Å². The molecule has 0 radical (unpaired) electrons. The molecule has 0 amide bonds. The molecule has 1 aromatic carbocycles. The van der Waals surface area contributed by atoms with Crippen LogP contribution in [-0.4, -0.2) is 32.8 Å². The van der Waals surface area contributed by atoms with Crippen molar-refractivity contribution in [1.82, 2.24) is 19.7 Å². The number of benzene rings is 1. The molecule has 4 rings (SSSR count). The minimum Gasteiger partial charge on any atom is -0.440 e. The summed E-state index contributed by atoms with van der Waals surface area (Å²) in [7, 11) is 0. The minimum absolute atomic E-state index is 0.00382. The lowest BCUT2D eigenvalue weighted by Crippen LogP contribution is -2.34. The van der Waals surface area contributed by atoms with E-state index in [1.54, 1.807) is 6.07 Å². The number of fused-ring (bicyclic) bond motifs is 1. The smallest absolute Gasteiger partial charge is 0.199 e. The molecule has 3 aromatic rings. The van der Waals surface area contributed by atoms with Gasteiger partial charge in [-0.1, -0.05) is 0 Å². The number of piperidine rings is 1. The van der Waals surface area contributed by atoms with E-state index in [4.69, 9.17) is 4.42 Å². The molecule has 3 heterocycles. The number of oxazole rings is 1. The average Bonchev–Trinajstić information content (AvgIpc) is 3.21. The monoisotopic (exact) mass is 356 g/mol. The number of halogens is 1. The molecule has 0 N–H and O–H groups in total. The van der Waals surface area contributed by atoms with E-state index in [0.29, 0.717) is 5.58 Å². The van der Waals surface area contributed by atoms with Gasteiger partial charge >= 0.3 is 0 Å². The van der Waals surface area contributed by atoms with E-state index in [-0.39, 0.29) is 17.3 Å². The second-order valence-corrected chi connectivity index (χ2v) is 8.20. The van der Waals surface area contributed by atoms with Crippen LogP contribution >= 0.6 is 0 Å². The van der Waals surface area contributed by atoms with Crippen molar-refractivity contribution < 1.29 is 8.81 Å². The summed E-state index contributed by atoms with van der Waals surface area (Å²) in [6.45, 7) is 9.29. The summed E-state index contributed by atoms with van der Waals surface area (Å²) in [6.07, 6.45) is 6.24. The molecule has 1 aliphatic heterocycles. The van der Waals surface area contributed by atoms with Crippen molar-refractivity contribution in [3.63, 3.8) is 0 Å². The Morgan fingerprint density at radius 1 is 1.31 bits per heavy atom. The van der Waals surface area contributed by atoms with Crippen molar-refractivity contribution in [1.29, 1.82) is 0 Å². The van der Waals surface area contributed by atoms with Gasteiger partial charge in [0.1, 0.15) is 11.3 Å². The molecule has 0 spiro atoms. The summed E-state index contributed by atoms with van der Waals surface area (Å²) >= 11 is 0. The average molecular weight is 356 g/mol. The predicted molar refractivity (Wildman–Crippen MR) is 98.4 cm³/mol. The number of hydrogen-bond acceptors (Lipinski definition) is 4. The third-order valence-corrected chi connectivity index (χ3v) is 4.95. The molecule has 0 bridgehead atoms. The number of nitrogens with zero attached hydrogens (tertiary/aromatic N) is 4. The number of hydrogen-bond donors (Lipinski definition) is 0. The summed E-state index contributed by atoms with van der Waals surface area (Å²) in [4.78, 5) is 7.00. The quantitative estimate of drug-likeness (QED) is 0.702. The fourth-order valence-electron chi connectivity index (χ4n) is 3.56. The first-order chi connectivity index (χ1) is 12.4. The van der Waals surface area contributed by atoms with Gasteiger partial charge in [-0.05, 0) is 52.3 Å². The van der Waals surface area contributed by atoms with Crippen molar-refractivity contribution in [2.75, 3.05) is 13.1 Å². The van der Waals surface area contributed by atoms with E-state index >= 15 is 0 Å². The maximum absolute atomic E-state index is 13.4. The highest BCUT2D eigenvalue weighted by molar-refractivity contribution is 5.72. The Kier molecular flexibility index (Phi) is 4.31. The lowest BCUT2D eigenvalue weighted by atomic mass is 9.97. The van der Waals surface area contributed by atoms with Gasteiger partial charge in [0.2, 0.25) is 0 Å². The number of aromatic nitrogens is 3. The highest BCUT2D eigenvalue weighted by Crippen LogP contribution is 2.30. The first kappa shape index (κ1) is 17.2. The highest BCUT2D eigenvalue weighted by Gasteiger charge is 2.26. The summed E-state index contributed by atoms with van der Waals surface area (Å²) in [6, 6.07) is 4.52. The van der Waals surface area contributed by atoms with Crippen LogP contribution in [-0.2, 0) is 12.1 Å². The minimum atomic E-state index is -0.290. The Balaban J connectivity index is 1.47. The summed E-state index contributed by atoms with van der Waals surface area (Å²) in [5.74, 6) is 0.680. The number of likely N-dealkylation sites (tertiary alicyclic amines) is 1. The largest absolute Gasteiger partial charge is 0.440 e. The molecule has 1 fully saturated rings. The van der Waals surface area contributed by atoms with Crippen molar-refractivity contribution >= 4 is 11.1 Å². The predicted octanol–water partition coefficient (Wildman–Crippen LogP) is 4.30. The van der Waals surface area contributed by atoms with Gasteiger partial charge in [0.05, 0.1) is 11.7 Å². The molecule has 0 aliphatic carbocycles. The van der Waals surface area contributed by atoms with E-state index in [0.717, 1.165) is 43.9 Å². The molecule has 0 saturated carbocycles. The fraction of sp³-hybridized carbons (Fsp3) is 0.500. The van der Waals surface area contributed by atoms with Gasteiger partial charge in [-0.25, -0.2) is 9.37 Å². The topological polar surface area (TPSA) is 47.1 Å². The van der Waals surface area contributed by atoms with Gasteiger partial charge in [0.25, 0.3) is 0 Å². The molecule has 138 valence electrons. The first-order valence-corrected chi connectivity index (χ1v) is 9.21. The number of rotatable bonds is 3. The van der Waals surface area contributed by atoms with Crippen LogP contribution in [0, 0.1) is 5.82 Å². The second-order valence-electron chi connectivity index (χ2n) is 8.20. The van der Waals surface area contributed by atoms with Gasteiger partial charge in [-0.2, -0.15) is 5.10 Å². The van der Waals surface area contributed by atoms with Crippen LogP contribution in [0.25, 0.3) is 11.1 Å². The lowest BCUT2D eigenvalue weighted by Gasteiger charge is -2.30. The van der Waals surface area contributed by atoms with Crippen LogP contribution < -0.4 is 0 Å². The highest BCUT2D eigenvalue weighted by atomic mass is 19.1. The zero-order valence-corrected chi connectivity index (χ0v) is 15.6. The maximum atomic E-state index is 13.4. The molecule has 26 heavy (non-hydrogen) atoms. The van der Waals surface area contributed by atoms with E-state index in [2.05, 4.69) is 42.0 Å². The Bertz CT molecular complexity index is 908. The van der Waals surface area contributed by atoms with E-state index in [1.807, 2.05) is 10.9 Å². The molecule has 1 saturated heterocycles. The molecule has 6 heteroatoms. The van der Waals surface area contributed by atoms with Crippen LogP contribution in [0.4, 0.5) is 4.39 Å². The zero-order valence-electron chi connectivity index (χ0n) is 15.6. The van der Waals surface area contributed by atoms with Gasteiger partial charge in [0, 0.05) is 36.8 Å². The van der Waals surface area contributed by atoms with Crippen LogP contribution in [0.1, 0.15) is 51.0 Å². The normalized spacial score (nSPS) is 19.3. The zero-order chi connectivity index (χ0) is 18.3. The third kappa shape index (κ3) is 3.51. The molecule has 1 aliphatic rings. The van der Waals surface area contributed by atoms with Crippen LogP contribution in [0.5, 0.6) is 0 Å². The molecule has 2 aromatic heterocycles. The first-order valence-electron chi connectivity index (χ1n) is 9.21. The van der Waals surface area contributed by atoms with Crippen LogP contribution in [0.15, 0.2) is 35.0 Å². The fourth-order valence-corrected chi connectivity index (χ4v) is 3.56. The van der Waals surface area contributed by atoms with Crippen molar-refractivity contribution in [2.24, 2.45) is 0 Å². The van der Waals surface area contributed by atoms with E-state index in [9.17, 15) is 4.39 Å². The SMILES string of the molecule is CC(C)(C)n1cc(CN2CCCC(c3nc4ccc(F)cc4o3)C2)cn1. The maximum Gasteiger partial charge on any atom is 0.199 e. The third-order valence-electron chi connectivity index (χ3n) is 4.95. The molecule has 1 atom stereocenters. The van der Waals surface area contributed by atoms with E-state index in [1.165, 1.54) is 17.7 Å². The Morgan fingerprint density at radius 2 is 2.15 bits per heavy atom. The van der Waals surface area contributed by atoms with Crippen molar-refractivity contribution in [2.45, 2.75) is 51.6 Å². The standard InChI is InChI=1S/C20H25FN4O/c1-20(2,3)25-12-14(10-22-25)11-24-8-4-5-15(13-24)19-23-17-7-6-16(21)9-18(17)26-19/h6-7,9-10,12,15H,4-5,8,11,13H2,1-3H3. The molecular formula is C20H25FN4O. The second kappa shape index (κ2) is 6.50. The lowest BCUT2D eigenvalue weighted by molar-refractivity contribution is 0.187. The van der Waals surface area contributed by atoms with Crippen molar-refractivity contribution in [3.05, 3.63) is 47.9 Å². The Hall–Kier alpha value is -2.21. The van der Waals surface area contributed by atoms with Crippen molar-refractivity contribution in [3.8, 4) is 0 Å². The van der Waals surface area contributed by atoms with Gasteiger partial charge in [-0.15, -0.1) is 0 Å². The molecule has 1 unspecified atom stereocenters. The van der Waals surface area contributed by atoms with Crippen LogP contribution in [0.3, 0.4) is 0 Å². The van der Waals surface area contributed by atoms with E-state index < -0.39 is 0 Å². The van der Waals surface area contributed by atoms with Gasteiger partial charge in [-0.3, -0.25) is 9.58 Å². The van der Waals surface area contributed by atoms with Crippen LogP contribution in [0.2, 0.25) is 0 Å². The summed E-state index contributed by atoms with van der Waals surface area (Å²) in [5, 5.41) is 4.49. The molecular weight excluding hydrogens is 331 g/mol. The Labute approximate surface area is 152 Å².